The first-order valence-electron chi connectivity index (χ1n) is 13.5. The molecule has 3 rings (SSSR count). The second-order valence-electron chi connectivity index (χ2n) is 10.5. The van der Waals surface area contributed by atoms with Crippen LogP contribution in [-0.4, -0.2) is 67.7 Å². The van der Waals surface area contributed by atoms with Crippen molar-refractivity contribution in [3.05, 3.63) is 60.2 Å². The summed E-state index contributed by atoms with van der Waals surface area (Å²) in [4.78, 5) is 2.39. The number of methoxy groups -OCH3 is 1. The van der Waals surface area contributed by atoms with Gasteiger partial charge in [0.1, 0.15) is 11.5 Å². The fraction of sp³-hybridized carbons (Fsp3) is 0.600. The van der Waals surface area contributed by atoms with E-state index in [0.29, 0.717) is 25.3 Å². The zero-order valence-electron chi connectivity index (χ0n) is 22.5. The Bertz CT molecular complexity index is 894. The summed E-state index contributed by atoms with van der Waals surface area (Å²) in [6.07, 6.45) is 3.87. The summed E-state index contributed by atoms with van der Waals surface area (Å²) in [5.41, 5.74) is -0.210. The van der Waals surface area contributed by atoms with Gasteiger partial charge in [0, 0.05) is 44.3 Å². The highest BCUT2D eigenvalue weighted by Gasteiger charge is 2.43. The lowest BCUT2D eigenvalue weighted by molar-refractivity contribution is -0.0808. The molecule has 4 unspecified atom stereocenters. The van der Waals surface area contributed by atoms with E-state index in [4.69, 9.17) is 9.47 Å². The largest absolute Gasteiger partial charge is 0.457 e. The summed E-state index contributed by atoms with van der Waals surface area (Å²) in [6, 6.07) is 17.7. The molecule has 0 spiro atoms. The van der Waals surface area contributed by atoms with Gasteiger partial charge in [-0.3, -0.25) is 4.90 Å². The van der Waals surface area contributed by atoms with Crippen LogP contribution in [0.4, 0.5) is 0 Å². The first kappa shape index (κ1) is 28.6. The van der Waals surface area contributed by atoms with Crippen LogP contribution in [-0.2, 0) is 10.3 Å². The number of likely N-dealkylation sites (N-methyl/N-ethyl adjacent to an activating group) is 1. The third kappa shape index (κ3) is 7.30. The fourth-order valence-electron chi connectivity index (χ4n) is 5.55. The minimum Gasteiger partial charge on any atom is -0.457 e. The standard InChI is InChI=1S/C30H46N2O4/c1-23(2)29(33)27(21-31-3)32-19-12-13-24(22-32)30(34,18-10-11-20-35-4)26-16-8-9-17-28(26)36-25-14-6-5-7-15-25/h5-9,14-17,23-24,27,29,31,33-34H,10-13,18-22H2,1-4H3. The zero-order chi connectivity index (χ0) is 26.0. The predicted molar refractivity (Wildman–Crippen MR) is 145 cm³/mol. The average molecular weight is 499 g/mol. The van der Waals surface area contributed by atoms with Crippen molar-refractivity contribution >= 4 is 0 Å². The van der Waals surface area contributed by atoms with Crippen LogP contribution < -0.4 is 10.1 Å². The van der Waals surface area contributed by atoms with Gasteiger partial charge in [-0.05, 0) is 69.8 Å². The van der Waals surface area contributed by atoms with E-state index >= 15 is 0 Å². The number of para-hydroxylation sites is 2. The predicted octanol–water partition coefficient (Wildman–Crippen LogP) is 4.80. The summed E-state index contributed by atoms with van der Waals surface area (Å²) >= 11 is 0. The number of aliphatic hydroxyl groups excluding tert-OH is 1. The van der Waals surface area contributed by atoms with Gasteiger partial charge in [-0.25, -0.2) is 0 Å². The lowest BCUT2D eigenvalue weighted by Crippen LogP contribution is -2.56. The number of nitrogens with one attached hydrogen (secondary N) is 1. The maximum Gasteiger partial charge on any atom is 0.133 e. The molecule has 0 aromatic heterocycles. The molecular formula is C30H46N2O4. The topological polar surface area (TPSA) is 74.2 Å². The number of nitrogens with zero attached hydrogens (tertiary/aromatic N) is 1. The Labute approximate surface area is 217 Å². The number of hydrogen-bond donors (Lipinski definition) is 3. The van der Waals surface area contributed by atoms with Crippen LogP contribution in [0.15, 0.2) is 54.6 Å². The van der Waals surface area contributed by atoms with Crippen molar-refractivity contribution < 1.29 is 19.7 Å². The van der Waals surface area contributed by atoms with Gasteiger partial charge < -0.3 is 25.0 Å². The molecule has 36 heavy (non-hydrogen) atoms. The number of unbranched alkanes of at least 4 members (excludes halogenated alkanes) is 1. The second kappa shape index (κ2) is 14.1. The number of piperidine rings is 1. The molecule has 3 N–H and O–H groups in total. The van der Waals surface area contributed by atoms with Crippen molar-refractivity contribution in [1.82, 2.24) is 10.2 Å². The van der Waals surface area contributed by atoms with Gasteiger partial charge in [-0.15, -0.1) is 0 Å². The van der Waals surface area contributed by atoms with Crippen LogP contribution >= 0.6 is 0 Å². The van der Waals surface area contributed by atoms with E-state index in [1.807, 2.05) is 61.6 Å². The Morgan fingerprint density at radius 3 is 2.50 bits per heavy atom. The molecule has 0 saturated carbocycles. The van der Waals surface area contributed by atoms with Gasteiger partial charge in [-0.1, -0.05) is 50.2 Å². The van der Waals surface area contributed by atoms with E-state index in [-0.39, 0.29) is 17.9 Å². The highest BCUT2D eigenvalue weighted by atomic mass is 16.5. The Morgan fingerprint density at radius 1 is 1.08 bits per heavy atom. The molecule has 1 aliphatic rings. The molecular weight excluding hydrogens is 452 g/mol. The Kier molecular flexibility index (Phi) is 11.2. The first-order chi connectivity index (χ1) is 17.4. The summed E-state index contributed by atoms with van der Waals surface area (Å²) in [5.74, 6) is 1.64. The molecule has 1 fully saturated rings. The SMILES string of the molecule is CNCC(C(O)C(C)C)N1CCCC(C(O)(CCCCOC)c2ccccc2Oc2ccccc2)C1. The van der Waals surface area contributed by atoms with E-state index in [1.54, 1.807) is 7.11 Å². The molecule has 200 valence electrons. The minimum atomic E-state index is -1.05. The van der Waals surface area contributed by atoms with Gasteiger partial charge in [0.25, 0.3) is 0 Å². The molecule has 1 aliphatic heterocycles. The maximum atomic E-state index is 12.5. The zero-order valence-corrected chi connectivity index (χ0v) is 22.5. The molecule has 0 bridgehead atoms. The molecule has 0 radical (unpaired) electrons. The number of aliphatic hydroxyl groups is 2. The van der Waals surface area contributed by atoms with Crippen molar-refractivity contribution in [2.45, 2.75) is 63.7 Å². The summed E-state index contributed by atoms with van der Waals surface area (Å²) < 4.78 is 11.6. The van der Waals surface area contributed by atoms with Crippen molar-refractivity contribution in [2.75, 3.05) is 40.4 Å². The molecule has 4 atom stereocenters. The van der Waals surface area contributed by atoms with Gasteiger partial charge in [-0.2, -0.15) is 0 Å². The van der Waals surface area contributed by atoms with Crippen molar-refractivity contribution in [3.63, 3.8) is 0 Å². The Balaban J connectivity index is 1.93. The monoisotopic (exact) mass is 498 g/mol. The lowest BCUT2D eigenvalue weighted by Gasteiger charge is -2.46. The minimum absolute atomic E-state index is 0.00588. The highest BCUT2D eigenvalue weighted by molar-refractivity contribution is 5.42. The van der Waals surface area contributed by atoms with Crippen molar-refractivity contribution in [3.8, 4) is 11.5 Å². The van der Waals surface area contributed by atoms with Gasteiger partial charge in [0.15, 0.2) is 0 Å². The number of rotatable bonds is 14. The number of likely N-dealkylation sites (tertiary alicyclic amines) is 1. The molecule has 0 aliphatic carbocycles. The second-order valence-corrected chi connectivity index (χ2v) is 10.5. The van der Waals surface area contributed by atoms with E-state index in [2.05, 4.69) is 24.1 Å². The average Bonchev–Trinajstić information content (AvgIpc) is 2.90. The number of ether oxygens (including phenoxy) is 2. The first-order valence-corrected chi connectivity index (χ1v) is 13.5. The fourth-order valence-corrected chi connectivity index (χ4v) is 5.55. The Morgan fingerprint density at radius 2 is 1.81 bits per heavy atom. The van der Waals surface area contributed by atoms with E-state index < -0.39 is 11.7 Å². The number of benzene rings is 2. The van der Waals surface area contributed by atoms with Crippen LogP contribution in [0, 0.1) is 11.8 Å². The van der Waals surface area contributed by atoms with Crippen LogP contribution in [0.3, 0.4) is 0 Å². The van der Waals surface area contributed by atoms with Crippen LogP contribution in [0.2, 0.25) is 0 Å². The van der Waals surface area contributed by atoms with Crippen molar-refractivity contribution in [2.24, 2.45) is 11.8 Å². The molecule has 6 nitrogen and oxygen atoms in total. The van der Waals surface area contributed by atoms with Crippen LogP contribution in [0.25, 0.3) is 0 Å². The highest BCUT2D eigenvalue weighted by Crippen LogP contribution is 2.44. The Hall–Kier alpha value is -1.96. The molecule has 0 amide bonds. The lowest BCUT2D eigenvalue weighted by atomic mass is 9.73. The summed E-state index contributed by atoms with van der Waals surface area (Å²) in [6.45, 7) is 7.19. The van der Waals surface area contributed by atoms with Crippen LogP contribution in [0.5, 0.6) is 11.5 Å². The third-order valence-corrected chi connectivity index (χ3v) is 7.57. The quantitative estimate of drug-likeness (QED) is 0.325. The molecule has 1 heterocycles. The van der Waals surface area contributed by atoms with E-state index in [9.17, 15) is 10.2 Å². The van der Waals surface area contributed by atoms with Crippen LogP contribution in [0.1, 0.15) is 51.5 Å². The van der Waals surface area contributed by atoms with E-state index in [0.717, 1.165) is 50.1 Å². The molecule has 1 saturated heterocycles. The molecule has 2 aromatic rings. The summed E-state index contributed by atoms with van der Waals surface area (Å²) in [7, 11) is 3.65. The normalized spacial score (nSPS) is 20.1. The van der Waals surface area contributed by atoms with Gasteiger partial charge >= 0.3 is 0 Å². The number of hydrogen-bond acceptors (Lipinski definition) is 6. The molecule has 2 aromatic carbocycles. The molecule has 6 heteroatoms. The van der Waals surface area contributed by atoms with Crippen molar-refractivity contribution in [1.29, 1.82) is 0 Å². The smallest absolute Gasteiger partial charge is 0.133 e. The summed E-state index contributed by atoms with van der Waals surface area (Å²) in [5, 5.41) is 26.8. The van der Waals surface area contributed by atoms with E-state index in [1.165, 1.54) is 0 Å². The maximum absolute atomic E-state index is 12.5. The van der Waals surface area contributed by atoms with Gasteiger partial charge in [0.2, 0.25) is 0 Å². The van der Waals surface area contributed by atoms with Gasteiger partial charge in [0.05, 0.1) is 11.7 Å². The third-order valence-electron chi connectivity index (χ3n) is 7.57.